The first kappa shape index (κ1) is 19.9. The summed E-state index contributed by atoms with van der Waals surface area (Å²) in [6, 6.07) is 16.0. The lowest BCUT2D eigenvalue weighted by Crippen LogP contribution is -2.43. The highest BCUT2D eigenvalue weighted by Gasteiger charge is 2.30. The predicted octanol–water partition coefficient (Wildman–Crippen LogP) is 4.60. The van der Waals surface area contributed by atoms with Gasteiger partial charge in [0.25, 0.3) is 0 Å². The van der Waals surface area contributed by atoms with Crippen LogP contribution in [0.4, 0.5) is 22.2 Å². The van der Waals surface area contributed by atoms with Crippen molar-refractivity contribution in [2.75, 3.05) is 29.2 Å². The third-order valence-electron chi connectivity index (χ3n) is 5.71. The highest BCUT2D eigenvalue weighted by Crippen LogP contribution is 2.31. The van der Waals surface area contributed by atoms with Crippen LogP contribution < -0.4 is 15.1 Å². The van der Waals surface area contributed by atoms with Crippen molar-refractivity contribution in [2.24, 2.45) is 0 Å². The van der Waals surface area contributed by atoms with Crippen molar-refractivity contribution < 1.29 is 9.90 Å². The maximum absolute atomic E-state index is 12.1. The van der Waals surface area contributed by atoms with E-state index in [0.717, 1.165) is 48.0 Å². The first-order chi connectivity index (χ1) is 14.5. The molecule has 0 bridgehead atoms. The number of fused-ring (bicyclic) bond motifs is 1. The summed E-state index contributed by atoms with van der Waals surface area (Å²) in [4.78, 5) is 24.4. The van der Waals surface area contributed by atoms with E-state index in [1.54, 1.807) is 6.20 Å². The molecule has 2 N–H and O–H groups in total. The van der Waals surface area contributed by atoms with Crippen LogP contribution in [0.15, 0.2) is 54.7 Å². The molecule has 0 aliphatic heterocycles. The molecule has 156 valence electrons. The van der Waals surface area contributed by atoms with Crippen molar-refractivity contribution in [2.45, 2.75) is 37.8 Å². The third kappa shape index (κ3) is 4.30. The van der Waals surface area contributed by atoms with Crippen LogP contribution in [-0.2, 0) is 0 Å². The molecule has 2 aromatic carbocycles. The van der Waals surface area contributed by atoms with E-state index in [9.17, 15) is 9.90 Å². The molecule has 4 rings (SSSR count). The van der Waals surface area contributed by atoms with E-state index in [1.165, 1.54) is 4.90 Å². The van der Waals surface area contributed by atoms with Gasteiger partial charge in [0.15, 0.2) is 0 Å². The summed E-state index contributed by atoms with van der Waals surface area (Å²) in [5.74, 6) is 1.48. The molecule has 1 heterocycles. The Kier molecular flexibility index (Phi) is 5.70. The van der Waals surface area contributed by atoms with Crippen LogP contribution in [0.5, 0.6) is 0 Å². The maximum Gasteiger partial charge on any atom is 0.412 e. The number of aromatic nitrogens is 2. The minimum absolute atomic E-state index is 0.0317. The number of hydrogen-bond donors (Lipinski definition) is 2. The second kappa shape index (κ2) is 8.57. The molecule has 1 aliphatic carbocycles. The van der Waals surface area contributed by atoms with Crippen LogP contribution in [-0.4, -0.2) is 47.3 Å². The van der Waals surface area contributed by atoms with Crippen molar-refractivity contribution in [3.63, 3.8) is 0 Å². The SMILES string of the molecule is CN(C)c1ccnc(NC2CCC(N(C(=O)O)c3ccc4ccccc4c3)CC2)n1. The van der Waals surface area contributed by atoms with Gasteiger partial charge in [0.1, 0.15) is 5.82 Å². The number of carboxylic acid groups (broad SMARTS) is 1. The van der Waals surface area contributed by atoms with Crippen molar-refractivity contribution in [1.29, 1.82) is 0 Å². The van der Waals surface area contributed by atoms with Crippen molar-refractivity contribution in [3.05, 3.63) is 54.7 Å². The zero-order chi connectivity index (χ0) is 21.1. The number of benzene rings is 2. The lowest BCUT2D eigenvalue weighted by Gasteiger charge is -2.35. The molecule has 1 amide bonds. The van der Waals surface area contributed by atoms with Crippen LogP contribution in [0.1, 0.15) is 25.7 Å². The molecular formula is C23H27N5O2. The molecule has 0 atom stereocenters. The molecule has 7 heteroatoms. The maximum atomic E-state index is 12.1. The molecule has 1 saturated carbocycles. The number of nitrogens with one attached hydrogen (secondary N) is 1. The Labute approximate surface area is 176 Å². The van der Waals surface area contributed by atoms with Crippen LogP contribution in [0.2, 0.25) is 0 Å². The molecular weight excluding hydrogens is 378 g/mol. The number of hydrogen-bond acceptors (Lipinski definition) is 5. The molecule has 0 unspecified atom stereocenters. The molecule has 3 aromatic rings. The van der Waals surface area contributed by atoms with Crippen LogP contribution in [0.3, 0.4) is 0 Å². The average molecular weight is 406 g/mol. The van der Waals surface area contributed by atoms with Crippen LogP contribution in [0, 0.1) is 0 Å². The zero-order valence-corrected chi connectivity index (χ0v) is 17.3. The monoisotopic (exact) mass is 405 g/mol. The third-order valence-corrected chi connectivity index (χ3v) is 5.71. The van der Waals surface area contributed by atoms with Crippen molar-refractivity contribution in [3.8, 4) is 0 Å². The Balaban J connectivity index is 1.44. The van der Waals surface area contributed by atoms with E-state index in [0.29, 0.717) is 5.95 Å². The lowest BCUT2D eigenvalue weighted by molar-refractivity contribution is 0.196. The standard InChI is InChI=1S/C23H27N5O2/c1-27(2)21-13-14-24-22(26-21)25-18-8-11-19(12-9-18)28(23(29)30)20-10-7-16-5-3-4-6-17(16)15-20/h3-7,10,13-15,18-19H,8-9,11-12H2,1-2H3,(H,29,30)(H,24,25,26). The Hall–Kier alpha value is -3.35. The topological polar surface area (TPSA) is 81.6 Å². The highest BCUT2D eigenvalue weighted by molar-refractivity contribution is 5.92. The Morgan fingerprint density at radius 3 is 2.47 bits per heavy atom. The first-order valence-corrected chi connectivity index (χ1v) is 10.3. The normalized spacial score (nSPS) is 18.7. The largest absolute Gasteiger partial charge is 0.465 e. The van der Waals surface area contributed by atoms with Crippen LogP contribution in [0.25, 0.3) is 10.8 Å². The quantitative estimate of drug-likeness (QED) is 0.645. The highest BCUT2D eigenvalue weighted by atomic mass is 16.4. The van der Waals surface area contributed by atoms with Gasteiger partial charge in [0, 0.05) is 38.1 Å². The second-order valence-corrected chi connectivity index (χ2v) is 7.97. The van der Waals surface area contributed by atoms with E-state index in [-0.39, 0.29) is 12.1 Å². The minimum atomic E-state index is -0.899. The summed E-state index contributed by atoms with van der Waals surface area (Å²) in [6.45, 7) is 0. The van der Waals surface area contributed by atoms with Gasteiger partial charge in [-0.2, -0.15) is 4.98 Å². The Morgan fingerprint density at radius 2 is 1.77 bits per heavy atom. The fourth-order valence-electron chi connectivity index (χ4n) is 4.13. The smallest absolute Gasteiger partial charge is 0.412 e. The molecule has 30 heavy (non-hydrogen) atoms. The molecule has 1 fully saturated rings. The number of nitrogens with zero attached hydrogens (tertiary/aromatic N) is 4. The number of carbonyl (C=O) groups is 1. The van der Waals surface area contributed by atoms with Crippen molar-refractivity contribution >= 4 is 34.3 Å². The van der Waals surface area contributed by atoms with Gasteiger partial charge in [-0.15, -0.1) is 0 Å². The van der Waals surface area contributed by atoms with Gasteiger partial charge in [-0.3, -0.25) is 4.90 Å². The summed E-state index contributed by atoms with van der Waals surface area (Å²) < 4.78 is 0. The number of anilines is 3. The first-order valence-electron chi connectivity index (χ1n) is 10.3. The van der Waals surface area contributed by atoms with E-state index in [1.807, 2.05) is 67.5 Å². The van der Waals surface area contributed by atoms with Gasteiger partial charge in [0.2, 0.25) is 5.95 Å². The minimum Gasteiger partial charge on any atom is -0.465 e. The summed E-state index contributed by atoms with van der Waals surface area (Å²) >= 11 is 0. The summed E-state index contributed by atoms with van der Waals surface area (Å²) in [6.07, 6.45) is 4.19. The molecule has 0 radical (unpaired) electrons. The Bertz CT molecular complexity index is 1030. The van der Waals surface area contributed by atoms with E-state index < -0.39 is 6.09 Å². The molecule has 0 spiro atoms. The Morgan fingerprint density at radius 1 is 1.03 bits per heavy atom. The zero-order valence-electron chi connectivity index (χ0n) is 17.3. The van der Waals surface area contributed by atoms with Gasteiger partial charge in [0.05, 0.1) is 0 Å². The summed E-state index contributed by atoms with van der Waals surface area (Å²) in [5.41, 5.74) is 0.736. The van der Waals surface area contributed by atoms with Gasteiger partial charge in [-0.1, -0.05) is 30.3 Å². The van der Waals surface area contributed by atoms with Crippen LogP contribution >= 0.6 is 0 Å². The fraction of sp³-hybridized carbons (Fsp3) is 0.348. The van der Waals surface area contributed by atoms with E-state index in [2.05, 4.69) is 15.3 Å². The average Bonchev–Trinajstić information content (AvgIpc) is 2.75. The van der Waals surface area contributed by atoms with Gasteiger partial charge < -0.3 is 15.3 Å². The van der Waals surface area contributed by atoms with Gasteiger partial charge in [-0.25, -0.2) is 9.78 Å². The summed E-state index contributed by atoms with van der Waals surface area (Å²) in [7, 11) is 3.90. The van der Waals surface area contributed by atoms with Gasteiger partial charge in [-0.05, 0) is 54.7 Å². The number of amides is 1. The lowest BCUT2D eigenvalue weighted by atomic mass is 9.90. The fourth-order valence-corrected chi connectivity index (χ4v) is 4.13. The molecule has 0 saturated heterocycles. The predicted molar refractivity (Wildman–Crippen MR) is 120 cm³/mol. The van der Waals surface area contributed by atoms with E-state index >= 15 is 0 Å². The number of rotatable bonds is 5. The summed E-state index contributed by atoms with van der Waals surface area (Å²) in [5, 5.41) is 15.5. The second-order valence-electron chi connectivity index (χ2n) is 7.97. The molecule has 1 aliphatic rings. The molecule has 1 aromatic heterocycles. The molecule has 7 nitrogen and oxygen atoms in total. The van der Waals surface area contributed by atoms with Gasteiger partial charge >= 0.3 is 6.09 Å². The van der Waals surface area contributed by atoms with E-state index in [4.69, 9.17) is 0 Å². The van der Waals surface area contributed by atoms with Crippen molar-refractivity contribution in [1.82, 2.24) is 9.97 Å².